The van der Waals surface area contributed by atoms with E-state index in [2.05, 4.69) is 24.1 Å². The highest BCUT2D eigenvalue weighted by Crippen LogP contribution is 2.23. The number of thioether (sulfide) groups is 1. The second-order valence-corrected chi connectivity index (χ2v) is 5.87. The Morgan fingerprint density at radius 3 is 2.71 bits per heavy atom. The van der Waals surface area contributed by atoms with E-state index >= 15 is 0 Å². The standard InChI is InChI=1S/C13H22N2OS/c1-10-7-11(16-13(10)8-14)9-15-5-3-12(17-2)4-6-15/h7,12H,3-6,8-9,14H2,1-2H3. The van der Waals surface area contributed by atoms with Gasteiger partial charge in [0.05, 0.1) is 13.1 Å². The van der Waals surface area contributed by atoms with Crippen LogP contribution in [0.1, 0.15) is 29.9 Å². The summed E-state index contributed by atoms with van der Waals surface area (Å²) in [5, 5.41) is 0.851. The summed E-state index contributed by atoms with van der Waals surface area (Å²) in [4.78, 5) is 2.48. The van der Waals surface area contributed by atoms with Crippen LogP contribution < -0.4 is 5.73 Å². The van der Waals surface area contributed by atoms with Crippen molar-refractivity contribution in [1.29, 1.82) is 0 Å². The van der Waals surface area contributed by atoms with Gasteiger partial charge in [0.15, 0.2) is 0 Å². The third-order valence-electron chi connectivity index (χ3n) is 3.50. The Morgan fingerprint density at radius 1 is 1.47 bits per heavy atom. The number of piperidine rings is 1. The molecule has 1 fully saturated rings. The third kappa shape index (κ3) is 3.27. The second-order valence-electron chi connectivity index (χ2n) is 4.73. The van der Waals surface area contributed by atoms with Gasteiger partial charge in [-0.25, -0.2) is 0 Å². The summed E-state index contributed by atoms with van der Waals surface area (Å²) in [6, 6.07) is 2.13. The molecule has 0 aliphatic carbocycles. The fourth-order valence-electron chi connectivity index (χ4n) is 2.39. The van der Waals surface area contributed by atoms with E-state index in [1.807, 2.05) is 11.8 Å². The molecule has 2 rings (SSSR count). The summed E-state index contributed by atoms with van der Waals surface area (Å²) in [6.45, 7) is 5.86. The number of furan rings is 1. The van der Waals surface area contributed by atoms with Crippen molar-refractivity contribution in [2.24, 2.45) is 5.73 Å². The maximum atomic E-state index is 5.75. The molecule has 4 heteroatoms. The van der Waals surface area contributed by atoms with Crippen molar-refractivity contribution in [2.45, 2.75) is 38.1 Å². The summed E-state index contributed by atoms with van der Waals surface area (Å²) in [5.41, 5.74) is 6.81. The van der Waals surface area contributed by atoms with Crippen molar-refractivity contribution >= 4 is 11.8 Å². The van der Waals surface area contributed by atoms with Crippen LogP contribution >= 0.6 is 11.8 Å². The van der Waals surface area contributed by atoms with Crippen molar-refractivity contribution in [3.63, 3.8) is 0 Å². The van der Waals surface area contributed by atoms with E-state index in [4.69, 9.17) is 10.2 Å². The van der Waals surface area contributed by atoms with E-state index in [0.29, 0.717) is 6.54 Å². The van der Waals surface area contributed by atoms with Crippen molar-refractivity contribution < 1.29 is 4.42 Å². The number of hydrogen-bond donors (Lipinski definition) is 1. The molecule has 0 radical (unpaired) electrons. The molecule has 3 nitrogen and oxygen atoms in total. The lowest BCUT2D eigenvalue weighted by Gasteiger charge is -2.30. The van der Waals surface area contributed by atoms with Crippen molar-refractivity contribution in [3.05, 3.63) is 23.2 Å². The van der Waals surface area contributed by atoms with Gasteiger partial charge in [0.2, 0.25) is 0 Å². The minimum Gasteiger partial charge on any atom is -0.463 e. The minimum atomic E-state index is 0.500. The van der Waals surface area contributed by atoms with Gasteiger partial charge >= 0.3 is 0 Å². The fraction of sp³-hybridized carbons (Fsp3) is 0.692. The molecular weight excluding hydrogens is 232 g/mol. The Labute approximate surface area is 108 Å². The lowest BCUT2D eigenvalue weighted by Crippen LogP contribution is -2.34. The summed E-state index contributed by atoms with van der Waals surface area (Å²) in [7, 11) is 0. The molecule has 0 spiro atoms. The highest BCUT2D eigenvalue weighted by atomic mass is 32.2. The number of aryl methyl sites for hydroxylation is 1. The molecular formula is C13H22N2OS. The smallest absolute Gasteiger partial charge is 0.120 e. The van der Waals surface area contributed by atoms with E-state index in [9.17, 15) is 0 Å². The van der Waals surface area contributed by atoms with E-state index < -0.39 is 0 Å². The first-order chi connectivity index (χ1) is 8.22. The van der Waals surface area contributed by atoms with Gasteiger partial charge in [-0.2, -0.15) is 11.8 Å². The highest BCUT2D eigenvalue weighted by molar-refractivity contribution is 7.99. The molecule has 1 aromatic rings. The van der Waals surface area contributed by atoms with Crippen LogP contribution in [0, 0.1) is 6.92 Å². The molecule has 0 amide bonds. The predicted octanol–water partition coefficient (Wildman–Crippen LogP) is 2.37. The number of nitrogens with zero attached hydrogens (tertiary/aromatic N) is 1. The van der Waals surface area contributed by atoms with E-state index in [0.717, 1.165) is 23.3 Å². The average molecular weight is 254 g/mol. The van der Waals surface area contributed by atoms with Gasteiger partial charge in [-0.3, -0.25) is 4.90 Å². The number of rotatable bonds is 4. The number of hydrogen-bond acceptors (Lipinski definition) is 4. The fourth-order valence-corrected chi connectivity index (χ4v) is 3.08. The number of nitrogens with two attached hydrogens (primary N) is 1. The van der Waals surface area contributed by atoms with Crippen LogP contribution in [-0.4, -0.2) is 29.5 Å². The average Bonchev–Trinajstić information content (AvgIpc) is 2.70. The molecule has 96 valence electrons. The van der Waals surface area contributed by atoms with E-state index in [-0.39, 0.29) is 0 Å². The molecule has 2 heterocycles. The molecule has 0 saturated carbocycles. The van der Waals surface area contributed by atoms with Gasteiger partial charge in [0, 0.05) is 5.25 Å². The summed E-state index contributed by atoms with van der Waals surface area (Å²) < 4.78 is 5.75. The lowest BCUT2D eigenvalue weighted by molar-refractivity contribution is 0.207. The zero-order valence-corrected chi connectivity index (χ0v) is 11.6. The maximum Gasteiger partial charge on any atom is 0.120 e. The quantitative estimate of drug-likeness (QED) is 0.896. The van der Waals surface area contributed by atoms with Gasteiger partial charge in [-0.05, 0) is 50.7 Å². The van der Waals surface area contributed by atoms with Gasteiger partial charge in [0.25, 0.3) is 0 Å². The van der Waals surface area contributed by atoms with Crippen LogP contribution in [0.3, 0.4) is 0 Å². The zero-order valence-electron chi connectivity index (χ0n) is 10.7. The first kappa shape index (κ1) is 13.0. The summed E-state index contributed by atoms with van der Waals surface area (Å²) in [5.74, 6) is 1.99. The van der Waals surface area contributed by atoms with Crippen LogP contribution in [0.5, 0.6) is 0 Å². The molecule has 1 saturated heterocycles. The highest BCUT2D eigenvalue weighted by Gasteiger charge is 2.19. The Hall–Kier alpha value is -0.450. The zero-order chi connectivity index (χ0) is 12.3. The normalized spacial score (nSPS) is 18.8. The van der Waals surface area contributed by atoms with Crippen LogP contribution in [0.25, 0.3) is 0 Å². The summed E-state index contributed by atoms with van der Waals surface area (Å²) in [6.07, 6.45) is 4.80. The van der Waals surface area contributed by atoms with Gasteiger partial charge in [-0.15, -0.1) is 0 Å². The first-order valence-electron chi connectivity index (χ1n) is 6.26. The summed E-state index contributed by atoms with van der Waals surface area (Å²) >= 11 is 2.00. The van der Waals surface area contributed by atoms with Gasteiger partial charge < -0.3 is 10.2 Å². The SMILES string of the molecule is CSC1CCN(Cc2cc(C)c(CN)o2)CC1. The first-order valence-corrected chi connectivity index (χ1v) is 7.55. The Morgan fingerprint density at radius 2 is 2.18 bits per heavy atom. The molecule has 17 heavy (non-hydrogen) atoms. The van der Waals surface area contributed by atoms with Crippen LogP contribution in [0.4, 0.5) is 0 Å². The van der Waals surface area contributed by atoms with Crippen molar-refractivity contribution in [2.75, 3.05) is 19.3 Å². The van der Waals surface area contributed by atoms with Crippen LogP contribution in [0.15, 0.2) is 10.5 Å². The van der Waals surface area contributed by atoms with Crippen LogP contribution in [-0.2, 0) is 13.1 Å². The molecule has 1 aliphatic heterocycles. The molecule has 1 aromatic heterocycles. The molecule has 0 unspecified atom stereocenters. The van der Waals surface area contributed by atoms with Crippen molar-refractivity contribution in [1.82, 2.24) is 4.90 Å². The molecule has 2 N–H and O–H groups in total. The second kappa shape index (κ2) is 5.94. The maximum absolute atomic E-state index is 5.75. The van der Waals surface area contributed by atoms with Gasteiger partial charge in [-0.1, -0.05) is 0 Å². The molecule has 1 aliphatic rings. The van der Waals surface area contributed by atoms with E-state index in [1.54, 1.807) is 0 Å². The van der Waals surface area contributed by atoms with E-state index in [1.165, 1.54) is 31.5 Å². The Bertz CT molecular complexity index is 356. The van der Waals surface area contributed by atoms with Crippen molar-refractivity contribution in [3.8, 4) is 0 Å². The molecule has 0 aromatic carbocycles. The Balaban J connectivity index is 1.88. The lowest BCUT2D eigenvalue weighted by atomic mass is 10.1. The largest absolute Gasteiger partial charge is 0.463 e. The molecule has 0 bridgehead atoms. The Kier molecular flexibility index (Phi) is 4.54. The van der Waals surface area contributed by atoms with Crippen LogP contribution in [0.2, 0.25) is 0 Å². The minimum absolute atomic E-state index is 0.500. The number of likely N-dealkylation sites (tertiary alicyclic amines) is 1. The third-order valence-corrected chi connectivity index (χ3v) is 4.64. The molecule has 0 atom stereocenters. The predicted molar refractivity (Wildman–Crippen MR) is 73.2 cm³/mol. The monoisotopic (exact) mass is 254 g/mol. The van der Waals surface area contributed by atoms with Gasteiger partial charge in [0.1, 0.15) is 11.5 Å². The topological polar surface area (TPSA) is 42.4 Å².